The number of hydrogen-bond donors (Lipinski definition) is 1. The Morgan fingerprint density at radius 2 is 2.00 bits per heavy atom. The predicted molar refractivity (Wildman–Crippen MR) is 105 cm³/mol. The maximum absolute atomic E-state index is 12.2. The fraction of sp³-hybridized carbons (Fsp3) is 0.222. The van der Waals surface area contributed by atoms with Crippen molar-refractivity contribution in [1.82, 2.24) is 10.3 Å². The molecule has 0 radical (unpaired) electrons. The summed E-state index contributed by atoms with van der Waals surface area (Å²) in [5.74, 6) is 0.109. The van der Waals surface area contributed by atoms with E-state index in [4.69, 9.17) is 0 Å². The summed E-state index contributed by atoms with van der Waals surface area (Å²) in [6.07, 6.45) is 0. The SMILES string of the molecule is Cc1ccc(-c2nc(C[S@](=O)CC(=O)NCc3cccs3)cs2)cc1. The first-order chi connectivity index (χ1) is 12.1. The quantitative estimate of drug-likeness (QED) is 0.668. The van der Waals surface area contributed by atoms with Gasteiger partial charge in [0.2, 0.25) is 5.91 Å². The van der Waals surface area contributed by atoms with Crippen LogP contribution in [0.15, 0.2) is 47.2 Å². The van der Waals surface area contributed by atoms with Crippen molar-refractivity contribution in [2.75, 3.05) is 5.75 Å². The van der Waals surface area contributed by atoms with Crippen molar-refractivity contribution >= 4 is 39.4 Å². The molecule has 130 valence electrons. The molecule has 3 rings (SSSR count). The molecule has 1 aromatic carbocycles. The van der Waals surface area contributed by atoms with Crippen molar-refractivity contribution in [2.45, 2.75) is 19.2 Å². The van der Waals surface area contributed by atoms with Gasteiger partial charge >= 0.3 is 0 Å². The van der Waals surface area contributed by atoms with Crippen LogP contribution in [0.2, 0.25) is 0 Å². The molecule has 0 aliphatic carbocycles. The molecule has 1 amide bonds. The topological polar surface area (TPSA) is 59.1 Å². The van der Waals surface area contributed by atoms with Gasteiger partial charge in [0.05, 0.1) is 18.0 Å². The van der Waals surface area contributed by atoms with E-state index in [-0.39, 0.29) is 11.7 Å². The van der Waals surface area contributed by atoms with Gasteiger partial charge in [0.1, 0.15) is 10.8 Å². The average molecular weight is 391 g/mol. The predicted octanol–water partition coefficient (Wildman–Crippen LogP) is 3.75. The lowest BCUT2D eigenvalue weighted by molar-refractivity contribution is -0.118. The van der Waals surface area contributed by atoms with E-state index in [9.17, 15) is 9.00 Å². The van der Waals surface area contributed by atoms with Gasteiger partial charge in [-0.25, -0.2) is 4.98 Å². The Bertz CT molecular complexity index is 855. The van der Waals surface area contributed by atoms with Gasteiger partial charge in [-0.1, -0.05) is 35.9 Å². The second-order valence-corrected chi connectivity index (χ2v) is 8.94. The number of carbonyl (C=O) groups excluding carboxylic acids is 1. The van der Waals surface area contributed by atoms with Crippen molar-refractivity contribution in [3.63, 3.8) is 0 Å². The Morgan fingerprint density at radius 3 is 2.72 bits per heavy atom. The fourth-order valence-electron chi connectivity index (χ4n) is 2.21. The zero-order valence-corrected chi connectivity index (χ0v) is 16.2. The monoisotopic (exact) mass is 390 g/mol. The zero-order chi connectivity index (χ0) is 17.6. The number of hydrogen-bond acceptors (Lipinski definition) is 5. The number of thiophene rings is 1. The summed E-state index contributed by atoms with van der Waals surface area (Å²) in [6, 6.07) is 12.1. The van der Waals surface area contributed by atoms with Gasteiger partial charge in [0.25, 0.3) is 0 Å². The second-order valence-electron chi connectivity index (χ2n) is 5.59. The highest BCUT2D eigenvalue weighted by atomic mass is 32.2. The summed E-state index contributed by atoms with van der Waals surface area (Å²) in [6.45, 7) is 2.53. The molecule has 0 bridgehead atoms. The highest BCUT2D eigenvalue weighted by Gasteiger charge is 2.12. The molecule has 3 aromatic rings. The first-order valence-electron chi connectivity index (χ1n) is 7.75. The number of amides is 1. The van der Waals surface area contributed by atoms with Gasteiger partial charge < -0.3 is 5.32 Å². The lowest BCUT2D eigenvalue weighted by Gasteiger charge is -2.03. The normalized spacial score (nSPS) is 12.0. The standard InChI is InChI=1S/C18H18N2O2S3/c1-13-4-6-14(7-5-13)18-20-15(10-24-18)11-25(22)12-17(21)19-9-16-3-2-8-23-16/h2-8,10H,9,11-12H2,1H3,(H,19,21)/t25-/m0/s1. The van der Waals surface area contributed by atoms with Crippen molar-refractivity contribution in [3.8, 4) is 10.6 Å². The van der Waals surface area contributed by atoms with Crippen LogP contribution in [-0.2, 0) is 27.9 Å². The highest BCUT2D eigenvalue weighted by molar-refractivity contribution is 7.84. The van der Waals surface area contributed by atoms with E-state index in [2.05, 4.69) is 10.3 Å². The summed E-state index contributed by atoms with van der Waals surface area (Å²) in [4.78, 5) is 17.5. The average Bonchev–Trinajstić information content (AvgIpc) is 3.25. The van der Waals surface area contributed by atoms with Crippen molar-refractivity contribution < 1.29 is 9.00 Å². The summed E-state index contributed by atoms with van der Waals surface area (Å²) in [5, 5.41) is 7.59. The van der Waals surface area contributed by atoms with Crippen LogP contribution in [0.25, 0.3) is 10.6 Å². The number of aryl methyl sites for hydroxylation is 1. The summed E-state index contributed by atoms with van der Waals surface area (Å²) >= 11 is 3.12. The molecule has 0 saturated heterocycles. The van der Waals surface area contributed by atoms with Crippen LogP contribution in [0.4, 0.5) is 0 Å². The Morgan fingerprint density at radius 1 is 1.20 bits per heavy atom. The van der Waals surface area contributed by atoms with Gasteiger partial charge in [0, 0.05) is 26.6 Å². The molecule has 2 heterocycles. The molecule has 25 heavy (non-hydrogen) atoms. The summed E-state index contributed by atoms with van der Waals surface area (Å²) < 4.78 is 12.2. The van der Waals surface area contributed by atoms with Crippen LogP contribution < -0.4 is 5.32 Å². The number of benzene rings is 1. The van der Waals surface area contributed by atoms with E-state index >= 15 is 0 Å². The van der Waals surface area contributed by atoms with Crippen LogP contribution >= 0.6 is 22.7 Å². The van der Waals surface area contributed by atoms with Gasteiger partial charge in [-0.15, -0.1) is 22.7 Å². The Kier molecular flexibility index (Phi) is 6.12. The molecule has 4 nitrogen and oxygen atoms in total. The van der Waals surface area contributed by atoms with E-state index < -0.39 is 10.8 Å². The van der Waals surface area contributed by atoms with Crippen LogP contribution in [0.1, 0.15) is 16.1 Å². The van der Waals surface area contributed by atoms with Crippen LogP contribution in [-0.4, -0.2) is 20.9 Å². The van der Waals surface area contributed by atoms with E-state index in [1.807, 2.05) is 54.1 Å². The summed E-state index contributed by atoms with van der Waals surface area (Å²) in [7, 11) is -1.26. The zero-order valence-electron chi connectivity index (χ0n) is 13.7. The molecule has 7 heteroatoms. The molecule has 0 unspecified atom stereocenters. The lowest BCUT2D eigenvalue weighted by Crippen LogP contribution is -2.27. The van der Waals surface area contributed by atoms with Gasteiger partial charge in [-0.3, -0.25) is 9.00 Å². The highest BCUT2D eigenvalue weighted by Crippen LogP contribution is 2.24. The molecule has 2 aromatic heterocycles. The van der Waals surface area contributed by atoms with Crippen LogP contribution in [0.5, 0.6) is 0 Å². The van der Waals surface area contributed by atoms with Crippen molar-refractivity contribution in [2.24, 2.45) is 0 Å². The third-order valence-electron chi connectivity index (χ3n) is 3.49. The lowest BCUT2D eigenvalue weighted by atomic mass is 10.2. The van der Waals surface area contributed by atoms with E-state index in [1.165, 1.54) is 16.9 Å². The van der Waals surface area contributed by atoms with E-state index in [0.29, 0.717) is 12.3 Å². The number of thiazole rings is 1. The Balaban J connectivity index is 1.51. The second kappa shape index (κ2) is 8.51. The molecular weight excluding hydrogens is 372 g/mol. The molecule has 1 N–H and O–H groups in total. The van der Waals surface area contributed by atoms with Gasteiger partial charge in [0.15, 0.2) is 0 Å². The maximum Gasteiger partial charge on any atom is 0.232 e. The number of nitrogens with one attached hydrogen (secondary N) is 1. The van der Waals surface area contributed by atoms with E-state index in [0.717, 1.165) is 21.1 Å². The smallest absolute Gasteiger partial charge is 0.232 e. The molecule has 0 aliphatic heterocycles. The fourth-order valence-corrected chi connectivity index (χ4v) is 4.76. The third kappa shape index (κ3) is 5.32. The maximum atomic E-state index is 12.2. The minimum atomic E-state index is -1.26. The van der Waals surface area contributed by atoms with Crippen LogP contribution in [0.3, 0.4) is 0 Å². The van der Waals surface area contributed by atoms with Crippen molar-refractivity contribution in [3.05, 3.63) is 63.3 Å². The minimum Gasteiger partial charge on any atom is -0.350 e. The van der Waals surface area contributed by atoms with Gasteiger partial charge in [-0.05, 0) is 18.4 Å². The van der Waals surface area contributed by atoms with Crippen molar-refractivity contribution in [1.29, 1.82) is 0 Å². The first-order valence-corrected chi connectivity index (χ1v) is 11.0. The van der Waals surface area contributed by atoms with Gasteiger partial charge in [-0.2, -0.15) is 0 Å². The molecule has 1 atom stereocenters. The molecule has 0 aliphatic rings. The Hall–Kier alpha value is -1.83. The summed E-state index contributed by atoms with van der Waals surface area (Å²) in [5.41, 5.74) is 3.03. The minimum absolute atomic E-state index is 0.00274. The molecular formula is C18H18N2O2S3. The number of rotatable bonds is 7. The number of aromatic nitrogens is 1. The third-order valence-corrected chi connectivity index (χ3v) is 6.51. The van der Waals surface area contributed by atoms with Crippen LogP contribution in [0, 0.1) is 6.92 Å². The van der Waals surface area contributed by atoms with E-state index in [1.54, 1.807) is 11.3 Å². The first kappa shape index (κ1) is 18.0. The largest absolute Gasteiger partial charge is 0.350 e. The molecule has 0 fully saturated rings. The molecule has 0 spiro atoms. The molecule has 0 saturated carbocycles. The Labute approximate surface area is 157 Å². The number of carbonyl (C=O) groups is 1. The number of nitrogens with zero attached hydrogens (tertiary/aromatic N) is 1.